The van der Waals surface area contributed by atoms with Gasteiger partial charge in [-0.15, -0.1) is 0 Å². The van der Waals surface area contributed by atoms with E-state index in [1.54, 1.807) is 0 Å². The number of carbonyl (C=O) groups is 7. The number of amides is 6. The van der Waals surface area contributed by atoms with Gasteiger partial charge in [0, 0.05) is 12.2 Å². The van der Waals surface area contributed by atoms with Gasteiger partial charge in [-0.3, -0.25) is 9.59 Å². The van der Waals surface area contributed by atoms with Crippen molar-refractivity contribution in [3.63, 3.8) is 0 Å². The fraction of sp³-hybridized carbons (Fsp3) is 0.400. The number of rotatable bonds is 11. The smallest absolute Gasteiger partial charge is 0.269 e. The summed E-state index contributed by atoms with van der Waals surface area (Å²) in [5.41, 5.74) is 0. The summed E-state index contributed by atoms with van der Waals surface area (Å²) in [4.78, 5) is 80.5. The van der Waals surface area contributed by atoms with Crippen molar-refractivity contribution in [2.75, 3.05) is 26.2 Å². The van der Waals surface area contributed by atoms with Crippen LogP contribution in [0.4, 0.5) is 0 Å². The molecule has 1 rings (SSSR count). The molecular formula is C15H18N5O7Pb. The van der Waals surface area contributed by atoms with Crippen LogP contribution in [-0.4, -0.2) is 105 Å². The molecule has 0 fully saturated rings. The van der Waals surface area contributed by atoms with Crippen molar-refractivity contribution < 1.29 is 33.6 Å². The SMILES string of the molecule is O=CCNC(=O)C([CH2][Pb])NC(=O)CNC(=O)CNC(=O)CN1C(=O)C=CC1=O. The van der Waals surface area contributed by atoms with E-state index in [0.717, 1.165) is 12.2 Å². The first-order valence-electron chi connectivity index (χ1n) is 8.00. The molecule has 0 spiro atoms. The Bertz CT molecular complexity index is 691. The Hall–Kier alpha value is -2.65. The fourth-order valence-electron chi connectivity index (χ4n) is 1.93. The van der Waals surface area contributed by atoms with E-state index >= 15 is 0 Å². The van der Waals surface area contributed by atoms with Crippen LogP contribution >= 0.6 is 0 Å². The number of nitrogens with zero attached hydrogens (tertiary/aromatic N) is 1. The average molecular weight is 588 g/mol. The maximum atomic E-state index is 11.8. The molecule has 0 aromatic rings. The zero-order chi connectivity index (χ0) is 21.1. The van der Waals surface area contributed by atoms with E-state index in [2.05, 4.69) is 21.3 Å². The molecule has 4 N–H and O–H groups in total. The minimum absolute atomic E-state index is 0.159. The zero-order valence-corrected chi connectivity index (χ0v) is 18.5. The van der Waals surface area contributed by atoms with Gasteiger partial charge in [0.2, 0.25) is 0 Å². The topological polar surface area (TPSA) is 171 Å². The van der Waals surface area contributed by atoms with E-state index in [4.69, 9.17) is 0 Å². The quantitative estimate of drug-likeness (QED) is 0.107. The van der Waals surface area contributed by atoms with Crippen LogP contribution in [0.3, 0.4) is 0 Å². The van der Waals surface area contributed by atoms with Crippen LogP contribution in [0.1, 0.15) is 0 Å². The summed E-state index contributed by atoms with van der Waals surface area (Å²) in [5.74, 6) is -3.73. The summed E-state index contributed by atoms with van der Waals surface area (Å²) < 4.78 is 0.420. The molecule has 1 aliphatic heterocycles. The molecule has 6 amide bonds. The number of carbonyl (C=O) groups excluding carboxylic acids is 7. The third-order valence-corrected chi connectivity index (χ3v) is 4.90. The Balaban J connectivity index is 2.29. The fourth-order valence-corrected chi connectivity index (χ4v) is 3.04. The molecule has 1 unspecified atom stereocenters. The van der Waals surface area contributed by atoms with Crippen LogP contribution in [0.5, 0.6) is 0 Å². The van der Waals surface area contributed by atoms with Crippen molar-refractivity contribution in [1.82, 2.24) is 26.2 Å². The van der Waals surface area contributed by atoms with Crippen molar-refractivity contribution >= 4 is 67.5 Å². The Kier molecular flexibility index (Phi) is 9.97. The van der Waals surface area contributed by atoms with Crippen LogP contribution in [0, 0.1) is 0 Å². The molecule has 12 nitrogen and oxygen atoms in total. The van der Waals surface area contributed by atoms with Crippen LogP contribution in [-0.2, 0) is 33.6 Å². The first-order chi connectivity index (χ1) is 13.3. The van der Waals surface area contributed by atoms with Crippen molar-refractivity contribution in [1.29, 1.82) is 0 Å². The minimum Gasteiger partial charge on any atom is -0.269 e. The van der Waals surface area contributed by atoms with Crippen molar-refractivity contribution in [3.05, 3.63) is 12.2 Å². The van der Waals surface area contributed by atoms with Crippen LogP contribution in [0.25, 0.3) is 0 Å². The van der Waals surface area contributed by atoms with E-state index < -0.39 is 61.1 Å². The van der Waals surface area contributed by atoms with E-state index in [-0.39, 0.29) is 6.54 Å². The van der Waals surface area contributed by atoms with E-state index in [1.807, 2.05) is 0 Å². The number of hydrogen-bond acceptors (Lipinski definition) is 7. The molecule has 0 aromatic heterocycles. The Labute approximate surface area is 175 Å². The van der Waals surface area contributed by atoms with E-state index in [1.165, 1.54) is 0 Å². The summed E-state index contributed by atoms with van der Waals surface area (Å²) >= 11 is 0.629. The molecule has 0 bridgehead atoms. The third-order valence-electron chi connectivity index (χ3n) is 3.31. The third kappa shape index (κ3) is 7.93. The summed E-state index contributed by atoms with van der Waals surface area (Å²) in [6.07, 6.45) is 2.59. The molecule has 13 heteroatoms. The van der Waals surface area contributed by atoms with Gasteiger partial charge in [0.05, 0.1) is 0 Å². The molecule has 149 valence electrons. The molecular weight excluding hydrogens is 569 g/mol. The van der Waals surface area contributed by atoms with Crippen molar-refractivity contribution in [2.45, 2.75) is 10.0 Å². The molecule has 3 radical (unpaired) electrons. The van der Waals surface area contributed by atoms with Crippen molar-refractivity contribution in [3.8, 4) is 0 Å². The Morgan fingerprint density at radius 3 is 2.11 bits per heavy atom. The van der Waals surface area contributed by atoms with E-state index in [0.29, 0.717) is 40.9 Å². The van der Waals surface area contributed by atoms with Gasteiger partial charge in [0.15, 0.2) is 0 Å². The first-order valence-corrected chi connectivity index (χ1v) is 10.8. The maximum absolute atomic E-state index is 11.8. The van der Waals surface area contributed by atoms with Crippen LogP contribution in [0.15, 0.2) is 12.2 Å². The number of aldehydes is 1. The van der Waals surface area contributed by atoms with Gasteiger partial charge in [-0.2, -0.15) is 0 Å². The second-order valence-corrected chi connectivity index (χ2v) is 6.97. The molecule has 0 aromatic carbocycles. The van der Waals surface area contributed by atoms with Crippen molar-refractivity contribution in [2.24, 2.45) is 0 Å². The number of nitrogens with one attached hydrogen (secondary N) is 4. The van der Waals surface area contributed by atoms with Gasteiger partial charge in [-0.1, -0.05) is 0 Å². The Morgan fingerprint density at radius 1 is 0.964 bits per heavy atom. The predicted octanol–water partition coefficient (Wildman–Crippen LogP) is -4.47. The van der Waals surface area contributed by atoms with Gasteiger partial charge in [-0.05, 0) is 0 Å². The molecule has 1 aliphatic rings. The molecule has 0 saturated heterocycles. The second-order valence-electron chi connectivity index (χ2n) is 5.39. The number of imide groups is 1. The summed E-state index contributed by atoms with van der Waals surface area (Å²) in [6.45, 7) is -1.55. The summed E-state index contributed by atoms with van der Waals surface area (Å²) in [7, 11) is 0. The second kappa shape index (κ2) is 11.9. The van der Waals surface area contributed by atoms with Gasteiger partial charge in [-0.25, -0.2) is 0 Å². The molecule has 0 aliphatic carbocycles. The average Bonchev–Trinajstić information content (AvgIpc) is 2.98. The molecule has 0 saturated carbocycles. The molecule has 1 heterocycles. The normalized spacial score (nSPS) is 13.7. The van der Waals surface area contributed by atoms with Gasteiger partial charge in [0.25, 0.3) is 11.8 Å². The monoisotopic (exact) mass is 588 g/mol. The summed E-state index contributed by atoms with van der Waals surface area (Å²) in [6, 6.07) is -0.792. The zero-order valence-electron chi connectivity index (χ0n) is 14.6. The standard InChI is InChI=1S/C15H18N5O7.Pb/c1-9(15(27)16-4-5-21)19-11(23)7-17-10(22)6-18-12(24)8-20-13(25)2-3-14(20)26;/h2-3,5,9H,1,4,6-8H2,(H,16,27)(H,17,22)(H,18,24)(H,19,23);. The summed E-state index contributed by atoms with van der Waals surface area (Å²) in [5, 5.41) is 9.24. The Morgan fingerprint density at radius 2 is 1.54 bits per heavy atom. The first kappa shape index (κ1) is 23.4. The van der Waals surface area contributed by atoms with Crippen LogP contribution < -0.4 is 21.3 Å². The van der Waals surface area contributed by atoms with Gasteiger partial charge in [0.1, 0.15) is 0 Å². The van der Waals surface area contributed by atoms with Gasteiger partial charge >= 0.3 is 142 Å². The van der Waals surface area contributed by atoms with E-state index in [9.17, 15) is 33.6 Å². The predicted molar refractivity (Wildman–Crippen MR) is 93.4 cm³/mol. The number of hydrogen-bond donors (Lipinski definition) is 4. The van der Waals surface area contributed by atoms with Gasteiger partial charge < -0.3 is 0 Å². The van der Waals surface area contributed by atoms with Crippen LogP contribution in [0.2, 0.25) is 3.98 Å². The molecule has 28 heavy (non-hydrogen) atoms. The minimum atomic E-state index is -0.792. The molecule has 1 atom stereocenters.